The van der Waals surface area contributed by atoms with Crippen molar-refractivity contribution in [3.63, 3.8) is 0 Å². The first-order valence-corrected chi connectivity index (χ1v) is 10.5. The molecule has 1 aromatic carbocycles. The van der Waals surface area contributed by atoms with Crippen molar-refractivity contribution in [3.05, 3.63) is 50.3 Å². The first-order chi connectivity index (χ1) is 15.2. The lowest BCUT2D eigenvalue weighted by Gasteiger charge is -2.39. The van der Waals surface area contributed by atoms with Gasteiger partial charge in [-0.05, 0) is 39.2 Å². The van der Waals surface area contributed by atoms with Crippen molar-refractivity contribution in [2.45, 2.75) is 57.5 Å². The van der Waals surface area contributed by atoms with Crippen LogP contribution in [-0.4, -0.2) is 38.8 Å². The third-order valence-corrected chi connectivity index (χ3v) is 6.02. The number of aromatic amines is 1. The highest BCUT2D eigenvalue weighted by molar-refractivity contribution is 6.04. The molecular formula is C21H24N6O5. The van der Waals surface area contributed by atoms with Crippen LogP contribution in [0.1, 0.15) is 51.0 Å². The van der Waals surface area contributed by atoms with E-state index < -0.39 is 28.2 Å². The highest BCUT2D eigenvalue weighted by atomic mass is 16.6. The number of amides is 2. The summed E-state index contributed by atoms with van der Waals surface area (Å²) < 4.78 is 0. The number of benzene rings is 1. The molecule has 3 heterocycles. The molecule has 0 bridgehead atoms. The number of rotatable bonds is 4. The molecule has 168 valence electrons. The van der Waals surface area contributed by atoms with Gasteiger partial charge in [-0.2, -0.15) is 4.98 Å². The maximum Gasteiger partial charge on any atom is 0.271 e. The van der Waals surface area contributed by atoms with Crippen molar-refractivity contribution in [3.8, 4) is 0 Å². The number of anilines is 3. The van der Waals surface area contributed by atoms with E-state index in [1.165, 1.54) is 24.3 Å². The summed E-state index contributed by atoms with van der Waals surface area (Å²) in [5, 5.41) is 16.2. The first-order valence-electron chi connectivity index (χ1n) is 10.5. The Morgan fingerprint density at radius 1 is 1.25 bits per heavy atom. The summed E-state index contributed by atoms with van der Waals surface area (Å²) in [6, 6.07) is 5.81. The SMILES string of the molecule is C[C@@H]1CCC[C@@H](C)N1c1nc2c(c(=O)[nH]1)[C@@H](C(=O)Nc1cccc([N+](=O)[O-])c1)CC(=O)N2. The van der Waals surface area contributed by atoms with Crippen molar-refractivity contribution in [1.29, 1.82) is 0 Å². The van der Waals surface area contributed by atoms with Crippen LogP contribution < -0.4 is 21.1 Å². The zero-order valence-corrected chi connectivity index (χ0v) is 17.8. The Kier molecular flexibility index (Phi) is 5.64. The van der Waals surface area contributed by atoms with Crippen LogP contribution in [-0.2, 0) is 9.59 Å². The smallest absolute Gasteiger partial charge is 0.271 e. The number of hydrogen-bond donors (Lipinski definition) is 3. The molecule has 0 radical (unpaired) electrons. The van der Waals surface area contributed by atoms with Gasteiger partial charge in [-0.3, -0.25) is 29.5 Å². The molecule has 2 aliphatic rings. The number of aromatic nitrogens is 2. The summed E-state index contributed by atoms with van der Waals surface area (Å²) >= 11 is 0. The Bertz CT molecular complexity index is 1140. The number of piperidine rings is 1. The minimum atomic E-state index is -1.07. The molecule has 2 aromatic rings. The van der Waals surface area contributed by atoms with Crippen molar-refractivity contribution in [1.82, 2.24) is 9.97 Å². The highest BCUT2D eigenvalue weighted by Crippen LogP contribution is 2.32. The lowest BCUT2D eigenvalue weighted by atomic mass is 9.92. The van der Waals surface area contributed by atoms with Crippen LogP contribution in [0.5, 0.6) is 0 Å². The summed E-state index contributed by atoms with van der Waals surface area (Å²) in [4.78, 5) is 58.0. The van der Waals surface area contributed by atoms with Crippen molar-refractivity contribution < 1.29 is 14.5 Å². The van der Waals surface area contributed by atoms with E-state index in [2.05, 4.69) is 34.4 Å². The minimum Gasteiger partial charge on any atom is -0.337 e. The van der Waals surface area contributed by atoms with E-state index in [1.54, 1.807) is 0 Å². The van der Waals surface area contributed by atoms with Gasteiger partial charge in [0.2, 0.25) is 17.8 Å². The predicted molar refractivity (Wildman–Crippen MR) is 118 cm³/mol. The second-order valence-corrected chi connectivity index (χ2v) is 8.29. The molecule has 2 aliphatic heterocycles. The molecule has 0 saturated carbocycles. The van der Waals surface area contributed by atoms with Gasteiger partial charge >= 0.3 is 0 Å². The van der Waals surface area contributed by atoms with Crippen molar-refractivity contribution in [2.75, 3.05) is 15.5 Å². The zero-order valence-electron chi connectivity index (χ0n) is 17.8. The number of nitrogens with one attached hydrogen (secondary N) is 3. The Balaban J connectivity index is 1.66. The molecule has 32 heavy (non-hydrogen) atoms. The molecule has 1 saturated heterocycles. The van der Waals surface area contributed by atoms with Gasteiger partial charge in [0.25, 0.3) is 11.2 Å². The van der Waals surface area contributed by atoms with Crippen LogP contribution in [0.2, 0.25) is 0 Å². The summed E-state index contributed by atoms with van der Waals surface area (Å²) in [6.07, 6.45) is 2.79. The number of carbonyl (C=O) groups is 2. The van der Waals surface area contributed by atoms with Gasteiger partial charge in [0, 0.05) is 36.3 Å². The Labute approximate surface area is 183 Å². The number of nitro groups is 1. The lowest BCUT2D eigenvalue weighted by Crippen LogP contribution is -2.46. The molecular weight excluding hydrogens is 416 g/mol. The predicted octanol–water partition coefficient (Wildman–Crippen LogP) is 2.51. The summed E-state index contributed by atoms with van der Waals surface area (Å²) in [5.74, 6) is -1.67. The van der Waals surface area contributed by atoms with Crippen LogP contribution in [0, 0.1) is 10.1 Å². The maximum atomic E-state index is 13.0. The molecule has 1 fully saturated rings. The summed E-state index contributed by atoms with van der Waals surface area (Å²) in [6.45, 7) is 4.12. The van der Waals surface area contributed by atoms with Gasteiger partial charge in [0.15, 0.2) is 0 Å². The van der Waals surface area contributed by atoms with Crippen molar-refractivity contribution >= 4 is 35.0 Å². The first kappa shape index (κ1) is 21.5. The van der Waals surface area contributed by atoms with Gasteiger partial charge in [-0.15, -0.1) is 0 Å². The largest absolute Gasteiger partial charge is 0.337 e. The van der Waals surface area contributed by atoms with E-state index in [1.807, 2.05) is 4.90 Å². The number of nitrogens with zero attached hydrogens (tertiary/aromatic N) is 3. The van der Waals surface area contributed by atoms with Gasteiger partial charge in [0.1, 0.15) is 5.82 Å². The molecule has 3 atom stereocenters. The van der Waals surface area contributed by atoms with Gasteiger partial charge in [-0.1, -0.05) is 6.07 Å². The molecule has 0 aliphatic carbocycles. The number of non-ortho nitro benzene ring substituents is 1. The average Bonchev–Trinajstić information content (AvgIpc) is 2.73. The number of H-pyrrole nitrogens is 1. The number of hydrogen-bond acceptors (Lipinski definition) is 7. The van der Waals surface area contributed by atoms with Crippen LogP contribution in [0.25, 0.3) is 0 Å². The topological polar surface area (TPSA) is 150 Å². The monoisotopic (exact) mass is 440 g/mol. The van der Waals surface area contributed by atoms with E-state index in [0.29, 0.717) is 5.95 Å². The zero-order chi connectivity index (χ0) is 23.0. The Morgan fingerprint density at radius 3 is 2.66 bits per heavy atom. The van der Waals surface area contributed by atoms with Crippen LogP contribution in [0.3, 0.4) is 0 Å². The Hall–Kier alpha value is -3.76. The Morgan fingerprint density at radius 2 is 1.97 bits per heavy atom. The van der Waals surface area contributed by atoms with Crippen LogP contribution >= 0.6 is 0 Å². The van der Waals surface area contributed by atoms with Crippen LogP contribution in [0.15, 0.2) is 29.1 Å². The van der Waals surface area contributed by atoms with E-state index in [0.717, 1.165) is 19.3 Å². The van der Waals surface area contributed by atoms with E-state index in [9.17, 15) is 24.5 Å². The number of nitro benzene ring substituents is 1. The molecule has 4 rings (SSSR count). The van der Waals surface area contributed by atoms with Crippen molar-refractivity contribution in [2.24, 2.45) is 0 Å². The molecule has 11 nitrogen and oxygen atoms in total. The van der Waals surface area contributed by atoms with Gasteiger partial charge in [-0.25, -0.2) is 0 Å². The second kappa shape index (κ2) is 8.40. The molecule has 0 spiro atoms. The quantitative estimate of drug-likeness (QED) is 0.488. The van der Waals surface area contributed by atoms with Gasteiger partial charge < -0.3 is 15.5 Å². The number of fused-ring (bicyclic) bond motifs is 1. The van der Waals surface area contributed by atoms with E-state index >= 15 is 0 Å². The van der Waals surface area contributed by atoms with E-state index in [4.69, 9.17) is 0 Å². The molecule has 11 heteroatoms. The van der Waals surface area contributed by atoms with Gasteiger partial charge in [0.05, 0.1) is 16.4 Å². The molecule has 1 aromatic heterocycles. The molecule has 2 amide bonds. The third-order valence-electron chi connectivity index (χ3n) is 6.02. The normalized spacial score (nSPS) is 22.6. The fourth-order valence-electron chi connectivity index (χ4n) is 4.47. The average molecular weight is 440 g/mol. The highest BCUT2D eigenvalue weighted by Gasteiger charge is 2.36. The summed E-state index contributed by atoms with van der Waals surface area (Å²) in [7, 11) is 0. The standard InChI is InChI=1S/C21H24N6O5/c1-11-5-3-6-12(2)26(11)21-24-18-17(20(30)25-21)15(10-16(28)23-18)19(29)22-13-7-4-8-14(9-13)27(31)32/h4,7-9,11-12,15H,3,5-6,10H2,1-2H3,(H,22,29)(H2,23,24,25,28,30)/t11-,12-,15+/m1/s1. The third kappa shape index (κ3) is 4.05. The second-order valence-electron chi connectivity index (χ2n) is 8.29. The summed E-state index contributed by atoms with van der Waals surface area (Å²) in [5.41, 5.74) is -0.394. The van der Waals surface area contributed by atoms with Crippen LogP contribution in [0.4, 0.5) is 23.1 Å². The van der Waals surface area contributed by atoms with E-state index in [-0.39, 0.29) is 41.3 Å². The fourth-order valence-corrected chi connectivity index (χ4v) is 4.47. The molecule has 3 N–H and O–H groups in total. The number of carbonyl (C=O) groups excluding carboxylic acids is 2. The lowest BCUT2D eigenvalue weighted by molar-refractivity contribution is -0.384. The fraction of sp³-hybridized carbons (Fsp3) is 0.429. The maximum absolute atomic E-state index is 13.0. The molecule has 0 unspecified atom stereocenters. The minimum absolute atomic E-state index is 0.0733.